The molecule has 0 bridgehead atoms. The summed E-state index contributed by atoms with van der Waals surface area (Å²) in [6.45, 7) is 3.64. The van der Waals surface area contributed by atoms with E-state index in [1.54, 1.807) is 0 Å². The van der Waals surface area contributed by atoms with Gasteiger partial charge in [-0.1, -0.05) is 6.92 Å². The summed E-state index contributed by atoms with van der Waals surface area (Å²) in [5, 5.41) is 0. The lowest BCUT2D eigenvalue weighted by Gasteiger charge is -2.35. The third kappa shape index (κ3) is 2.98. The molecule has 0 aliphatic carbocycles. The van der Waals surface area contributed by atoms with E-state index >= 15 is 0 Å². The van der Waals surface area contributed by atoms with Gasteiger partial charge in [0.1, 0.15) is 0 Å². The van der Waals surface area contributed by atoms with Gasteiger partial charge in [0.2, 0.25) is 0 Å². The summed E-state index contributed by atoms with van der Waals surface area (Å²) in [6, 6.07) is 7.79. The van der Waals surface area contributed by atoms with E-state index in [1.807, 2.05) is 29.2 Å². The van der Waals surface area contributed by atoms with E-state index in [1.165, 1.54) is 0 Å². The second kappa shape index (κ2) is 5.35. The highest BCUT2D eigenvalue weighted by atomic mass is 127. The Morgan fingerprint density at radius 3 is 2.65 bits per heavy atom. The molecule has 0 spiro atoms. The Morgan fingerprint density at radius 1 is 1.41 bits per heavy atom. The molecule has 0 aromatic heterocycles. The third-order valence-corrected chi connectivity index (χ3v) is 4.11. The number of halogens is 1. The first-order valence-electron chi connectivity index (χ1n) is 5.88. The van der Waals surface area contributed by atoms with Crippen LogP contribution in [0.4, 0.5) is 0 Å². The number of nitrogens with zero attached hydrogens (tertiary/aromatic N) is 1. The van der Waals surface area contributed by atoms with Gasteiger partial charge in [0.05, 0.1) is 0 Å². The maximum atomic E-state index is 12.2. The highest BCUT2D eigenvalue weighted by molar-refractivity contribution is 14.1. The van der Waals surface area contributed by atoms with Crippen LogP contribution in [0.3, 0.4) is 0 Å². The zero-order chi connectivity index (χ0) is 12.4. The minimum Gasteiger partial charge on any atom is -0.337 e. The normalized spacial score (nSPS) is 24.8. The van der Waals surface area contributed by atoms with Gasteiger partial charge in [-0.3, -0.25) is 4.79 Å². The van der Waals surface area contributed by atoms with Crippen LogP contribution in [-0.4, -0.2) is 29.9 Å². The van der Waals surface area contributed by atoms with Crippen molar-refractivity contribution < 1.29 is 4.79 Å². The van der Waals surface area contributed by atoms with Crippen molar-refractivity contribution in [1.29, 1.82) is 0 Å². The Labute approximate surface area is 116 Å². The molecule has 1 aromatic rings. The summed E-state index contributed by atoms with van der Waals surface area (Å²) < 4.78 is 1.14. The van der Waals surface area contributed by atoms with Gasteiger partial charge in [-0.15, -0.1) is 0 Å². The average Bonchev–Trinajstić information content (AvgIpc) is 2.33. The van der Waals surface area contributed by atoms with Crippen molar-refractivity contribution >= 4 is 28.5 Å². The van der Waals surface area contributed by atoms with Crippen molar-refractivity contribution in [2.75, 3.05) is 13.1 Å². The fraction of sp³-hybridized carbons (Fsp3) is 0.462. The topological polar surface area (TPSA) is 46.3 Å². The van der Waals surface area contributed by atoms with Crippen LogP contribution in [0, 0.1) is 9.49 Å². The molecule has 1 aliphatic rings. The first-order chi connectivity index (χ1) is 8.08. The molecule has 2 rings (SSSR count). The number of piperidine rings is 1. The summed E-state index contributed by atoms with van der Waals surface area (Å²) >= 11 is 2.24. The van der Waals surface area contributed by atoms with Crippen molar-refractivity contribution in [3.63, 3.8) is 0 Å². The van der Waals surface area contributed by atoms with Crippen molar-refractivity contribution in [2.45, 2.75) is 19.4 Å². The van der Waals surface area contributed by atoms with Gasteiger partial charge < -0.3 is 10.6 Å². The molecule has 2 atom stereocenters. The van der Waals surface area contributed by atoms with Crippen molar-refractivity contribution in [1.82, 2.24) is 4.90 Å². The van der Waals surface area contributed by atoms with Crippen LogP contribution in [0.25, 0.3) is 0 Å². The van der Waals surface area contributed by atoms with E-state index < -0.39 is 0 Å². The molecule has 2 N–H and O–H groups in total. The molecule has 0 saturated carbocycles. The molecule has 4 heteroatoms. The lowest BCUT2D eigenvalue weighted by atomic mass is 9.94. The van der Waals surface area contributed by atoms with Crippen molar-refractivity contribution in [3.05, 3.63) is 33.4 Å². The molecule has 3 nitrogen and oxygen atoms in total. The number of carbonyl (C=O) groups is 1. The molecule has 1 amide bonds. The standard InChI is InChI=1S/C13H17IN2O/c1-9-6-7-16(8-12(9)15)13(17)10-2-4-11(14)5-3-10/h2-5,9,12H,6-8,15H2,1H3. The minimum absolute atomic E-state index is 0.101. The van der Waals surface area contributed by atoms with Gasteiger partial charge in [0.15, 0.2) is 0 Å². The van der Waals surface area contributed by atoms with Crippen LogP contribution in [-0.2, 0) is 0 Å². The third-order valence-electron chi connectivity index (χ3n) is 3.39. The van der Waals surface area contributed by atoms with Crippen molar-refractivity contribution in [2.24, 2.45) is 11.7 Å². The zero-order valence-corrected chi connectivity index (χ0v) is 12.1. The molecule has 1 aromatic carbocycles. The number of rotatable bonds is 1. The van der Waals surface area contributed by atoms with E-state index in [0.717, 1.165) is 22.1 Å². The molecule has 1 aliphatic heterocycles. The Kier molecular flexibility index (Phi) is 4.04. The van der Waals surface area contributed by atoms with Gasteiger partial charge in [-0.05, 0) is 59.2 Å². The van der Waals surface area contributed by atoms with E-state index in [2.05, 4.69) is 29.5 Å². The fourth-order valence-electron chi connectivity index (χ4n) is 2.06. The highest BCUT2D eigenvalue weighted by Gasteiger charge is 2.26. The summed E-state index contributed by atoms with van der Waals surface area (Å²) in [6.07, 6.45) is 0.997. The smallest absolute Gasteiger partial charge is 0.253 e. The van der Waals surface area contributed by atoms with Crippen LogP contribution in [0.15, 0.2) is 24.3 Å². The zero-order valence-electron chi connectivity index (χ0n) is 9.90. The summed E-state index contributed by atoms with van der Waals surface area (Å²) in [7, 11) is 0. The fourth-order valence-corrected chi connectivity index (χ4v) is 2.42. The Balaban J connectivity index is 2.08. The minimum atomic E-state index is 0.101. The molecular formula is C13H17IN2O. The van der Waals surface area contributed by atoms with Gasteiger partial charge in [0.25, 0.3) is 5.91 Å². The molecular weight excluding hydrogens is 327 g/mol. The maximum absolute atomic E-state index is 12.2. The lowest BCUT2D eigenvalue weighted by Crippen LogP contribution is -2.49. The van der Waals surface area contributed by atoms with E-state index in [-0.39, 0.29) is 11.9 Å². The highest BCUT2D eigenvalue weighted by Crippen LogP contribution is 2.18. The van der Waals surface area contributed by atoms with E-state index in [9.17, 15) is 4.79 Å². The molecule has 1 saturated heterocycles. The van der Waals surface area contributed by atoms with Crippen LogP contribution in [0.1, 0.15) is 23.7 Å². The predicted molar refractivity (Wildman–Crippen MR) is 76.8 cm³/mol. The lowest BCUT2D eigenvalue weighted by molar-refractivity contribution is 0.0672. The van der Waals surface area contributed by atoms with Crippen LogP contribution < -0.4 is 5.73 Å². The largest absolute Gasteiger partial charge is 0.337 e. The van der Waals surface area contributed by atoms with Crippen LogP contribution in [0.5, 0.6) is 0 Å². The molecule has 1 heterocycles. The maximum Gasteiger partial charge on any atom is 0.253 e. The van der Waals surface area contributed by atoms with Gasteiger partial charge in [0, 0.05) is 28.3 Å². The summed E-state index contributed by atoms with van der Waals surface area (Å²) in [5.74, 6) is 0.611. The Bertz CT molecular complexity index is 404. The van der Waals surface area contributed by atoms with Crippen molar-refractivity contribution in [3.8, 4) is 0 Å². The first-order valence-corrected chi connectivity index (χ1v) is 6.96. The quantitative estimate of drug-likeness (QED) is 0.793. The second-order valence-corrected chi connectivity index (χ2v) is 5.93. The predicted octanol–water partition coefficient (Wildman–Crippen LogP) is 2.10. The molecule has 92 valence electrons. The van der Waals surface area contributed by atoms with Crippen LogP contribution >= 0.6 is 22.6 Å². The Morgan fingerprint density at radius 2 is 2.06 bits per heavy atom. The number of benzene rings is 1. The summed E-state index contributed by atoms with van der Waals surface area (Å²) in [5.41, 5.74) is 6.77. The van der Waals surface area contributed by atoms with Gasteiger partial charge in [-0.2, -0.15) is 0 Å². The monoisotopic (exact) mass is 344 g/mol. The number of hydrogen-bond acceptors (Lipinski definition) is 2. The van der Waals surface area contributed by atoms with E-state index in [0.29, 0.717) is 12.5 Å². The molecule has 0 radical (unpaired) electrons. The average molecular weight is 344 g/mol. The van der Waals surface area contributed by atoms with Crippen LogP contribution in [0.2, 0.25) is 0 Å². The number of carbonyl (C=O) groups excluding carboxylic acids is 1. The first kappa shape index (κ1) is 12.8. The number of hydrogen-bond donors (Lipinski definition) is 1. The molecule has 1 fully saturated rings. The molecule has 17 heavy (non-hydrogen) atoms. The molecule has 2 unspecified atom stereocenters. The number of likely N-dealkylation sites (tertiary alicyclic amines) is 1. The van der Waals surface area contributed by atoms with Gasteiger partial charge in [-0.25, -0.2) is 0 Å². The Hall–Kier alpha value is -0.620. The van der Waals surface area contributed by atoms with Gasteiger partial charge >= 0.3 is 0 Å². The second-order valence-electron chi connectivity index (χ2n) is 4.69. The summed E-state index contributed by atoms with van der Waals surface area (Å²) in [4.78, 5) is 14.1. The van der Waals surface area contributed by atoms with E-state index in [4.69, 9.17) is 5.73 Å². The number of nitrogens with two attached hydrogens (primary N) is 1. The number of amides is 1. The SMILES string of the molecule is CC1CCN(C(=O)c2ccc(I)cc2)CC1N.